The van der Waals surface area contributed by atoms with Crippen LogP contribution >= 0.6 is 0 Å². The minimum atomic E-state index is -1.52. The summed E-state index contributed by atoms with van der Waals surface area (Å²) >= 11 is 0. The summed E-state index contributed by atoms with van der Waals surface area (Å²) in [5, 5.41) is 9.74. The molecule has 0 radical (unpaired) electrons. The highest BCUT2D eigenvalue weighted by molar-refractivity contribution is 5.71. The highest BCUT2D eigenvalue weighted by Gasteiger charge is 2.25. The Balaban J connectivity index is 4.24. The molecular weight excluding hydrogens is 1030 g/mol. The van der Waals surface area contributed by atoms with Gasteiger partial charge in [0.2, 0.25) is 0 Å². The second-order valence-corrected chi connectivity index (χ2v) is 23.4. The molecule has 0 amide bonds. The molecule has 0 aliphatic rings. The van der Waals surface area contributed by atoms with Crippen LogP contribution in [0.15, 0.2) is 122 Å². The van der Waals surface area contributed by atoms with Crippen molar-refractivity contribution in [2.24, 2.45) is 0 Å². The minimum Gasteiger partial charge on any atom is -0.477 e. The van der Waals surface area contributed by atoms with Crippen molar-refractivity contribution < 1.29 is 42.9 Å². The van der Waals surface area contributed by atoms with Crippen LogP contribution in [0.25, 0.3) is 0 Å². The number of carboxylic acid groups (broad SMARTS) is 1. The first-order chi connectivity index (χ1) is 40.6. The van der Waals surface area contributed by atoms with Gasteiger partial charge in [-0.1, -0.05) is 270 Å². The zero-order chi connectivity index (χ0) is 60.5. The average Bonchev–Trinajstić information content (AvgIpc) is 3.46. The number of aliphatic carboxylic acids is 1. The second-order valence-electron chi connectivity index (χ2n) is 23.4. The van der Waals surface area contributed by atoms with Crippen LogP contribution in [-0.2, 0) is 33.3 Å². The van der Waals surface area contributed by atoms with E-state index in [-0.39, 0.29) is 32.2 Å². The van der Waals surface area contributed by atoms with Gasteiger partial charge in [-0.15, -0.1) is 0 Å². The SMILES string of the molecule is CC/C=C\C/C=C\C/C=C\C/C=C\C/C=C\C/C=C\C/C=C\C/C=C\C/C=C\CCCCCCCC(=O)OC(COC(=O)CCCCCCCCCCCCCCC/C=C\CCCCCCCCCC)COC(OCC[N+](C)(C)C)C(=O)O. The normalized spacial score (nSPS) is 13.5. The second kappa shape index (κ2) is 63.7. The summed E-state index contributed by atoms with van der Waals surface area (Å²) in [5.41, 5.74) is 0. The van der Waals surface area contributed by atoms with Crippen LogP contribution in [0, 0.1) is 0 Å². The molecule has 0 aromatic heterocycles. The van der Waals surface area contributed by atoms with Crippen LogP contribution < -0.4 is 0 Å². The van der Waals surface area contributed by atoms with Crippen LogP contribution in [0.5, 0.6) is 0 Å². The molecule has 2 unspecified atom stereocenters. The highest BCUT2D eigenvalue weighted by atomic mass is 16.7. The van der Waals surface area contributed by atoms with Gasteiger partial charge in [0.05, 0.1) is 34.4 Å². The Bertz CT molecular complexity index is 1780. The number of carbonyl (C=O) groups is 3. The topological polar surface area (TPSA) is 108 Å². The Hall–Kier alpha value is -4.31. The summed E-state index contributed by atoms with van der Waals surface area (Å²) in [5.74, 6) is -2.03. The van der Waals surface area contributed by atoms with E-state index in [1.165, 1.54) is 128 Å². The number of carboxylic acids is 1. The van der Waals surface area contributed by atoms with E-state index < -0.39 is 24.3 Å². The van der Waals surface area contributed by atoms with E-state index in [9.17, 15) is 19.5 Å². The number of ether oxygens (including phenoxy) is 4. The van der Waals surface area contributed by atoms with Gasteiger partial charge in [-0.05, 0) is 109 Å². The molecule has 1 N–H and O–H groups in total. The summed E-state index contributed by atoms with van der Waals surface area (Å²) in [7, 11) is 5.96. The van der Waals surface area contributed by atoms with Crippen molar-refractivity contribution in [3.63, 3.8) is 0 Å². The first-order valence-corrected chi connectivity index (χ1v) is 33.7. The number of rotatable bonds is 61. The van der Waals surface area contributed by atoms with Crippen LogP contribution in [0.1, 0.15) is 271 Å². The number of esters is 2. The molecule has 9 heteroatoms. The average molecular weight is 1160 g/mol. The summed E-state index contributed by atoms with van der Waals surface area (Å²) in [6, 6.07) is 0. The summed E-state index contributed by atoms with van der Waals surface area (Å²) < 4.78 is 22.9. The number of hydrogen-bond donors (Lipinski definition) is 1. The number of nitrogens with zero attached hydrogens (tertiary/aromatic N) is 1. The molecule has 474 valence electrons. The molecule has 0 aliphatic heterocycles. The lowest BCUT2D eigenvalue weighted by molar-refractivity contribution is -0.870. The molecule has 0 spiro atoms. The zero-order valence-electron chi connectivity index (χ0n) is 54.1. The number of carbonyl (C=O) groups excluding carboxylic acids is 2. The number of quaternary nitrogens is 1. The van der Waals surface area contributed by atoms with Crippen LogP contribution in [-0.4, -0.2) is 87.4 Å². The lowest BCUT2D eigenvalue weighted by Crippen LogP contribution is -2.40. The Morgan fingerprint density at radius 1 is 0.373 bits per heavy atom. The van der Waals surface area contributed by atoms with Gasteiger partial charge in [0.1, 0.15) is 13.2 Å². The van der Waals surface area contributed by atoms with Crippen LogP contribution in [0.2, 0.25) is 0 Å². The molecule has 0 rings (SSSR count). The van der Waals surface area contributed by atoms with E-state index in [4.69, 9.17) is 18.9 Å². The molecule has 0 aromatic rings. The minimum absolute atomic E-state index is 0.178. The van der Waals surface area contributed by atoms with E-state index in [0.29, 0.717) is 23.9 Å². The lowest BCUT2D eigenvalue weighted by atomic mass is 10.0. The van der Waals surface area contributed by atoms with Crippen LogP contribution in [0.4, 0.5) is 0 Å². The van der Waals surface area contributed by atoms with Gasteiger partial charge < -0.3 is 28.5 Å². The maximum atomic E-state index is 12.9. The van der Waals surface area contributed by atoms with Crippen molar-refractivity contribution in [2.75, 3.05) is 47.5 Å². The Morgan fingerprint density at radius 2 is 0.687 bits per heavy atom. The number of unbranched alkanes of at least 4 members (excludes halogenated alkanes) is 26. The van der Waals surface area contributed by atoms with Gasteiger partial charge >= 0.3 is 17.9 Å². The fraction of sp³-hybridized carbons (Fsp3) is 0.689. The Labute approximate surface area is 510 Å². The van der Waals surface area contributed by atoms with Gasteiger partial charge in [0, 0.05) is 12.8 Å². The molecule has 0 bridgehead atoms. The molecular formula is C74H126NO8+. The number of hydrogen-bond acceptors (Lipinski definition) is 7. The molecule has 2 atom stereocenters. The third-order valence-corrected chi connectivity index (χ3v) is 14.2. The van der Waals surface area contributed by atoms with E-state index in [2.05, 4.69) is 135 Å². The van der Waals surface area contributed by atoms with E-state index >= 15 is 0 Å². The van der Waals surface area contributed by atoms with Crippen LogP contribution in [0.3, 0.4) is 0 Å². The quantitative estimate of drug-likeness (QED) is 0.0211. The monoisotopic (exact) mass is 1160 g/mol. The van der Waals surface area contributed by atoms with Crippen molar-refractivity contribution in [2.45, 2.75) is 283 Å². The third kappa shape index (κ3) is 65.1. The Kier molecular flexibility index (Phi) is 60.4. The largest absolute Gasteiger partial charge is 0.477 e. The number of allylic oxidation sites excluding steroid dienone is 20. The Morgan fingerprint density at radius 3 is 1.04 bits per heavy atom. The fourth-order valence-corrected chi connectivity index (χ4v) is 9.06. The maximum Gasteiger partial charge on any atom is 0.361 e. The number of likely N-dealkylation sites (N-methyl/N-ethyl adjacent to an activating group) is 1. The van der Waals surface area contributed by atoms with Crippen molar-refractivity contribution in [1.29, 1.82) is 0 Å². The van der Waals surface area contributed by atoms with Crippen molar-refractivity contribution >= 4 is 17.9 Å². The summed E-state index contributed by atoms with van der Waals surface area (Å²) in [6.45, 7) is 4.75. The lowest BCUT2D eigenvalue weighted by Gasteiger charge is -2.25. The van der Waals surface area contributed by atoms with E-state index in [1.54, 1.807) is 0 Å². The fourth-order valence-electron chi connectivity index (χ4n) is 9.06. The van der Waals surface area contributed by atoms with Gasteiger partial charge in [-0.25, -0.2) is 4.79 Å². The standard InChI is InChI=1S/C74H125NO8/c1-6-8-10-12-14-16-18-20-22-24-26-28-30-32-33-34-35-36-37-38-39-41-43-45-47-49-51-53-55-57-59-61-63-65-72(77)83-70(69-82-74(73(78)79)80-67-66-75(3,4)5)68-81-71(76)64-62-60-58-56-54-52-50-48-46-44-42-40-31-29-27-25-23-21-19-17-15-13-11-9-7-2/h8,10,14,16,20,22,25-28,32-33,35-36,38-39,43,45,49,51,70,74H,6-7,9,11-13,15,17-19,21,23-24,29-31,34,37,40-42,44,46-48,50,52-69H2,1-5H3/p+1/b10-8-,16-14-,22-20-,27-25-,28-26-,33-32-,36-35-,39-38-,45-43-,51-49-. The van der Waals surface area contributed by atoms with Crippen molar-refractivity contribution in [1.82, 2.24) is 0 Å². The van der Waals surface area contributed by atoms with Crippen molar-refractivity contribution in [3.05, 3.63) is 122 Å². The van der Waals surface area contributed by atoms with E-state index in [1.807, 2.05) is 21.1 Å². The smallest absolute Gasteiger partial charge is 0.361 e. The summed E-state index contributed by atoms with van der Waals surface area (Å²) in [4.78, 5) is 37.6. The zero-order valence-corrected chi connectivity index (χ0v) is 54.1. The van der Waals surface area contributed by atoms with Gasteiger partial charge in [0.15, 0.2) is 6.10 Å². The molecule has 83 heavy (non-hydrogen) atoms. The molecule has 0 saturated heterocycles. The van der Waals surface area contributed by atoms with E-state index in [0.717, 1.165) is 109 Å². The van der Waals surface area contributed by atoms with Gasteiger partial charge in [0.25, 0.3) is 6.29 Å². The summed E-state index contributed by atoms with van der Waals surface area (Å²) in [6.07, 6.45) is 87.2. The molecule has 0 fully saturated rings. The highest BCUT2D eigenvalue weighted by Crippen LogP contribution is 2.16. The van der Waals surface area contributed by atoms with Gasteiger partial charge in [-0.3, -0.25) is 9.59 Å². The molecule has 0 aliphatic carbocycles. The molecule has 0 saturated carbocycles. The third-order valence-electron chi connectivity index (χ3n) is 14.2. The first-order valence-electron chi connectivity index (χ1n) is 33.7. The molecule has 0 aromatic carbocycles. The predicted molar refractivity (Wildman–Crippen MR) is 354 cm³/mol. The maximum absolute atomic E-state index is 12.9. The van der Waals surface area contributed by atoms with Gasteiger partial charge in [-0.2, -0.15) is 0 Å². The van der Waals surface area contributed by atoms with Crippen molar-refractivity contribution in [3.8, 4) is 0 Å². The molecule has 9 nitrogen and oxygen atoms in total. The molecule has 0 heterocycles. The first kappa shape index (κ1) is 78.7. The predicted octanol–water partition coefficient (Wildman–Crippen LogP) is 20.8.